The van der Waals surface area contributed by atoms with Gasteiger partial charge in [-0.15, -0.1) is 0 Å². The summed E-state index contributed by atoms with van der Waals surface area (Å²) in [6, 6.07) is 13.8. The number of aromatic carboxylic acids is 1. The summed E-state index contributed by atoms with van der Waals surface area (Å²) >= 11 is 6.08. The molecule has 33 heavy (non-hydrogen) atoms. The van der Waals surface area contributed by atoms with Gasteiger partial charge in [-0.1, -0.05) is 23.7 Å². The highest BCUT2D eigenvalue weighted by molar-refractivity contribution is 6.31. The summed E-state index contributed by atoms with van der Waals surface area (Å²) in [5.41, 5.74) is 1.92. The van der Waals surface area contributed by atoms with E-state index in [4.69, 9.17) is 16.3 Å². The third-order valence-electron chi connectivity index (χ3n) is 5.39. The number of halogens is 1. The van der Waals surface area contributed by atoms with Crippen molar-refractivity contribution in [3.8, 4) is 5.75 Å². The quantitative estimate of drug-likeness (QED) is 0.575. The van der Waals surface area contributed by atoms with Gasteiger partial charge in [-0.3, -0.25) is 14.6 Å². The van der Waals surface area contributed by atoms with E-state index in [0.717, 1.165) is 0 Å². The Morgan fingerprint density at radius 3 is 2.70 bits per heavy atom. The number of rotatable bonds is 6. The number of nitrogens with one attached hydrogen (secondary N) is 1. The lowest BCUT2D eigenvalue weighted by atomic mass is 10.0. The lowest BCUT2D eigenvalue weighted by Gasteiger charge is -2.29. The van der Waals surface area contributed by atoms with Crippen LogP contribution in [-0.2, 0) is 17.8 Å². The van der Waals surface area contributed by atoms with Crippen molar-refractivity contribution in [2.45, 2.75) is 19.0 Å². The van der Waals surface area contributed by atoms with Crippen molar-refractivity contribution >= 4 is 35.1 Å². The first-order chi connectivity index (χ1) is 15.9. The van der Waals surface area contributed by atoms with Gasteiger partial charge in [0.25, 0.3) is 5.91 Å². The Hall–Kier alpha value is -3.91. The maximum absolute atomic E-state index is 13.6. The minimum atomic E-state index is -1.12. The average molecular weight is 466 g/mol. The molecule has 0 saturated carbocycles. The number of carboxylic acid groups (broad SMARTS) is 1. The number of methoxy groups -OCH3 is 1. The molecule has 168 valence electrons. The van der Waals surface area contributed by atoms with Gasteiger partial charge in [0.2, 0.25) is 5.91 Å². The van der Waals surface area contributed by atoms with Crippen molar-refractivity contribution in [2.24, 2.45) is 0 Å². The van der Waals surface area contributed by atoms with Gasteiger partial charge in [-0.05, 0) is 48.0 Å². The zero-order valence-electron chi connectivity index (χ0n) is 17.6. The highest BCUT2D eigenvalue weighted by Crippen LogP contribution is 2.29. The number of pyridine rings is 1. The fourth-order valence-electron chi connectivity index (χ4n) is 3.77. The van der Waals surface area contributed by atoms with Gasteiger partial charge in [-0.2, -0.15) is 0 Å². The summed E-state index contributed by atoms with van der Waals surface area (Å²) in [6.45, 7) is 0.0576. The molecule has 1 aliphatic heterocycles. The second kappa shape index (κ2) is 9.30. The lowest BCUT2D eigenvalue weighted by Crippen LogP contribution is -2.46. The highest BCUT2D eigenvalue weighted by atomic mass is 35.5. The number of fused-ring (bicyclic) bond motifs is 1. The fourth-order valence-corrected chi connectivity index (χ4v) is 3.94. The number of carboxylic acids is 1. The number of benzene rings is 2. The van der Waals surface area contributed by atoms with Crippen LogP contribution in [0, 0.1) is 0 Å². The summed E-state index contributed by atoms with van der Waals surface area (Å²) < 4.78 is 5.21. The summed E-state index contributed by atoms with van der Waals surface area (Å²) in [4.78, 5) is 44.0. The van der Waals surface area contributed by atoms with Gasteiger partial charge in [0.15, 0.2) is 0 Å². The summed E-state index contributed by atoms with van der Waals surface area (Å²) in [5.74, 6) is -1.69. The number of carbonyl (C=O) groups excluding carboxylic acids is 2. The van der Waals surface area contributed by atoms with Crippen LogP contribution < -0.4 is 10.1 Å². The Bertz CT molecular complexity index is 1230. The molecular weight excluding hydrogens is 446 g/mol. The molecule has 0 bridgehead atoms. The molecule has 1 aromatic heterocycles. The largest absolute Gasteiger partial charge is 0.496 e. The van der Waals surface area contributed by atoms with Crippen molar-refractivity contribution in [1.29, 1.82) is 0 Å². The third-order valence-corrected chi connectivity index (χ3v) is 5.62. The highest BCUT2D eigenvalue weighted by Gasteiger charge is 2.36. The number of anilines is 1. The average Bonchev–Trinajstić information content (AvgIpc) is 2.89. The van der Waals surface area contributed by atoms with E-state index in [0.29, 0.717) is 27.5 Å². The van der Waals surface area contributed by atoms with Crippen LogP contribution in [0.1, 0.15) is 32.0 Å². The Morgan fingerprint density at radius 1 is 1.18 bits per heavy atom. The lowest BCUT2D eigenvalue weighted by molar-refractivity contribution is -0.120. The molecule has 0 saturated heterocycles. The zero-order valence-corrected chi connectivity index (χ0v) is 18.4. The number of carbonyl (C=O) groups is 3. The van der Waals surface area contributed by atoms with E-state index in [2.05, 4.69) is 10.3 Å². The van der Waals surface area contributed by atoms with Gasteiger partial charge >= 0.3 is 5.97 Å². The molecule has 0 aliphatic carbocycles. The van der Waals surface area contributed by atoms with Crippen LogP contribution in [0.5, 0.6) is 5.75 Å². The topological polar surface area (TPSA) is 109 Å². The minimum Gasteiger partial charge on any atom is -0.496 e. The van der Waals surface area contributed by atoms with Crippen molar-refractivity contribution in [1.82, 2.24) is 9.88 Å². The summed E-state index contributed by atoms with van der Waals surface area (Å²) in [6.07, 6.45) is 1.82. The predicted octanol–water partition coefficient (Wildman–Crippen LogP) is 3.65. The van der Waals surface area contributed by atoms with Gasteiger partial charge < -0.3 is 20.1 Å². The van der Waals surface area contributed by atoms with Crippen LogP contribution in [0.4, 0.5) is 5.69 Å². The van der Waals surface area contributed by atoms with Crippen molar-refractivity contribution in [2.75, 3.05) is 12.4 Å². The molecule has 1 atom stereocenters. The maximum Gasteiger partial charge on any atom is 0.339 e. The normalized spacial score (nSPS) is 15.5. The number of aromatic nitrogens is 1. The summed E-state index contributed by atoms with van der Waals surface area (Å²) in [7, 11) is 1.37. The molecule has 3 aromatic rings. The molecule has 0 spiro atoms. The SMILES string of the molecule is COc1cc(CN2C(=O)c3ccc(Cl)cc3NC(=O)C2Cc2ccccn2)ccc1C(=O)O. The Balaban J connectivity index is 1.76. The second-order valence-electron chi connectivity index (χ2n) is 7.49. The van der Waals surface area contributed by atoms with E-state index in [1.165, 1.54) is 18.1 Å². The van der Waals surface area contributed by atoms with Gasteiger partial charge in [0.05, 0.1) is 18.4 Å². The second-order valence-corrected chi connectivity index (χ2v) is 7.93. The molecule has 2 heterocycles. The van der Waals surface area contributed by atoms with E-state index in [1.54, 1.807) is 48.7 Å². The van der Waals surface area contributed by atoms with E-state index < -0.39 is 12.0 Å². The molecule has 0 radical (unpaired) electrons. The molecule has 1 unspecified atom stereocenters. The van der Waals surface area contributed by atoms with E-state index in [1.807, 2.05) is 6.07 Å². The van der Waals surface area contributed by atoms with Crippen LogP contribution in [0.3, 0.4) is 0 Å². The van der Waals surface area contributed by atoms with E-state index in [-0.39, 0.29) is 36.1 Å². The van der Waals surface area contributed by atoms with Gasteiger partial charge in [0, 0.05) is 29.9 Å². The molecular formula is C24H20ClN3O5. The van der Waals surface area contributed by atoms with Crippen molar-refractivity contribution in [3.63, 3.8) is 0 Å². The molecule has 2 aromatic carbocycles. The first-order valence-electron chi connectivity index (χ1n) is 10.1. The Kier molecular flexibility index (Phi) is 6.28. The predicted molar refractivity (Wildman–Crippen MR) is 122 cm³/mol. The first kappa shape index (κ1) is 22.3. The molecule has 4 rings (SSSR count). The van der Waals surface area contributed by atoms with Crippen LogP contribution in [0.2, 0.25) is 5.02 Å². The maximum atomic E-state index is 13.6. The van der Waals surface area contributed by atoms with Crippen molar-refractivity contribution in [3.05, 3.63) is 88.2 Å². The zero-order chi connectivity index (χ0) is 23.5. The van der Waals surface area contributed by atoms with Gasteiger partial charge in [0.1, 0.15) is 17.4 Å². The molecule has 8 nitrogen and oxygen atoms in total. The Morgan fingerprint density at radius 2 is 2.00 bits per heavy atom. The van der Waals surface area contributed by atoms with E-state index in [9.17, 15) is 19.5 Å². The minimum absolute atomic E-state index is 0.00575. The monoisotopic (exact) mass is 465 g/mol. The molecule has 9 heteroatoms. The third kappa shape index (κ3) is 4.65. The Labute approximate surface area is 194 Å². The van der Waals surface area contributed by atoms with Crippen molar-refractivity contribution < 1.29 is 24.2 Å². The number of nitrogens with zero attached hydrogens (tertiary/aromatic N) is 2. The standard InChI is InChI=1S/C24H20ClN3O5/c1-33-21-10-14(5-7-18(21)24(31)32)13-28-20(12-16-4-2-3-9-26-16)22(29)27-19-11-15(25)6-8-17(19)23(28)30/h2-11,20H,12-13H2,1H3,(H,27,29)(H,31,32). The first-order valence-corrected chi connectivity index (χ1v) is 10.5. The molecule has 0 fully saturated rings. The smallest absolute Gasteiger partial charge is 0.339 e. The fraction of sp³-hybridized carbons (Fsp3) is 0.167. The van der Waals surface area contributed by atoms with Crippen LogP contribution in [0.15, 0.2) is 60.8 Å². The summed E-state index contributed by atoms with van der Waals surface area (Å²) in [5, 5.41) is 12.5. The van der Waals surface area contributed by atoms with Crippen LogP contribution in [-0.4, -0.2) is 45.9 Å². The number of hydrogen-bond donors (Lipinski definition) is 2. The number of hydrogen-bond acceptors (Lipinski definition) is 5. The molecule has 2 amide bonds. The number of amides is 2. The van der Waals surface area contributed by atoms with Gasteiger partial charge in [-0.25, -0.2) is 4.79 Å². The van der Waals surface area contributed by atoms with E-state index >= 15 is 0 Å². The van der Waals surface area contributed by atoms with Crippen LogP contribution in [0.25, 0.3) is 0 Å². The molecule has 1 aliphatic rings. The van der Waals surface area contributed by atoms with Crippen LogP contribution >= 0.6 is 11.6 Å². The molecule has 2 N–H and O–H groups in total. The number of ether oxygens (including phenoxy) is 1.